The third-order valence-corrected chi connectivity index (χ3v) is 35.5. The zero-order chi connectivity index (χ0) is 45.4. The highest BCUT2D eigenvalue weighted by atomic mass is 32.1. The van der Waals surface area contributed by atoms with Gasteiger partial charge in [0.2, 0.25) is 0 Å². The summed E-state index contributed by atoms with van der Waals surface area (Å²) in [7, 11) is -6.06. The minimum atomic E-state index is -2.02. The Morgan fingerprint density at radius 2 is 0.492 bits per heavy atom. The van der Waals surface area contributed by atoms with E-state index in [2.05, 4.69) is 200 Å². The number of pyridine rings is 3. The molecule has 0 radical (unpaired) electrons. The van der Waals surface area contributed by atoms with E-state index in [4.69, 9.17) is 36.7 Å². The van der Waals surface area contributed by atoms with Gasteiger partial charge in [-0.25, -0.2) is 0 Å². The van der Waals surface area contributed by atoms with E-state index >= 15 is 0 Å². The van der Waals surface area contributed by atoms with Crippen LogP contribution in [0, 0.1) is 47.9 Å². The van der Waals surface area contributed by atoms with E-state index < -0.39 is 24.2 Å². The largest absolute Gasteiger partial charge is 0.307 e. The third-order valence-electron chi connectivity index (χ3n) is 15.3. The van der Waals surface area contributed by atoms with Crippen molar-refractivity contribution in [3.8, 4) is 34.4 Å². The molecule has 0 spiro atoms. The summed E-state index contributed by atoms with van der Waals surface area (Å²) in [4.78, 5) is 0. The Balaban J connectivity index is 1.84. The molecule has 0 atom stereocenters. The highest BCUT2D eigenvalue weighted by Gasteiger charge is 2.43. The van der Waals surface area contributed by atoms with Crippen LogP contribution in [0.5, 0.6) is 0 Å². The lowest BCUT2D eigenvalue weighted by atomic mass is 9.95. The van der Waals surface area contributed by atoms with Crippen molar-refractivity contribution in [3.05, 3.63) is 66.6 Å². The van der Waals surface area contributed by atoms with Gasteiger partial charge in [-0.15, -0.1) is 16.6 Å². The molecule has 1 nitrogen and oxygen atoms in total. The third kappa shape index (κ3) is 7.38. The quantitative estimate of drug-likeness (QED) is 0.0468. The van der Waals surface area contributed by atoms with Crippen molar-refractivity contribution in [2.24, 2.45) is 0 Å². The van der Waals surface area contributed by atoms with Gasteiger partial charge in [0.25, 0.3) is 0 Å². The first-order valence-corrected chi connectivity index (χ1v) is 30.9. The minimum absolute atomic E-state index is 0.526. The topological polar surface area (TPSA) is 4.41 Å². The highest BCUT2D eigenvalue weighted by Crippen LogP contribution is 2.45. The Kier molecular flexibility index (Phi) is 13.4. The number of benzene rings is 3. The fourth-order valence-corrected chi connectivity index (χ4v) is 29.1. The molecule has 0 amide bonds. The van der Waals surface area contributed by atoms with Gasteiger partial charge in [-0.05, 0) is 86.3 Å². The summed E-state index contributed by atoms with van der Waals surface area (Å²) in [5.74, 6) is 11.4. The summed E-state index contributed by atoms with van der Waals surface area (Å²) < 4.78 is 4.88. The van der Waals surface area contributed by atoms with Crippen molar-refractivity contribution in [2.75, 3.05) is 0 Å². The van der Waals surface area contributed by atoms with E-state index in [0.29, 0.717) is 49.9 Å². The molecule has 0 aliphatic rings. The molecule has 61 heavy (non-hydrogen) atoms. The molecule has 3 heterocycles. The van der Waals surface area contributed by atoms with E-state index in [1.54, 1.807) is 0 Å². The average molecular weight is 913 g/mol. The molecule has 3 aromatic carbocycles. The second-order valence-electron chi connectivity index (χ2n) is 21.0. The molecule has 0 unspecified atom stereocenters. The lowest BCUT2D eigenvalue weighted by molar-refractivity contribution is 0.838. The molecule has 3 aromatic heterocycles. The Hall–Kier alpha value is -2.94. The van der Waals surface area contributed by atoms with Gasteiger partial charge < -0.3 is 4.40 Å². The second kappa shape index (κ2) is 17.2. The first-order chi connectivity index (χ1) is 28.4. The summed E-state index contributed by atoms with van der Waals surface area (Å²) >= 11 is 19.8. The van der Waals surface area contributed by atoms with Crippen LogP contribution in [-0.2, 0) is 0 Å². The zero-order valence-electron chi connectivity index (χ0n) is 40.3. The Morgan fingerprint density at radius 3 is 0.639 bits per heavy atom. The molecule has 6 aromatic rings. The first kappa shape index (κ1) is 47.5. The number of rotatable bonds is 9. The van der Waals surface area contributed by atoms with Gasteiger partial charge in [-0.2, -0.15) is 0 Å². The summed E-state index contributed by atoms with van der Waals surface area (Å²) in [5.41, 5.74) is 22.8. The van der Waals surface area contributed by atoms with Crippen molar-refractivity contribution in [1.29, 1.82) is 0 Å². The molecule has 0 aliphatic heterocycles. The fraction of sp³-hybridized carbons (Fsp3) is 0.500. The van der Waals surface area contributed by atoms with Gasteiger partial charge in [0.15, 0.2) is 0 Å². The monoisotopic (exact) mass is 911 g/mol. The zero-order valence-corrected chi connectivity index (χ0v) is 45.8. The summed E-state index contributed by atoms with van der Waals surface area (Å²) in [6.07, 6.45) is 0. The van der Waals surface area contributed by atoms with Crippen molar-refractivity contribution < 1.29 is 0 Å². The molecule has 0 aliphatic carbocycles. The first-order valence-electron chi connectivity index (χ1n) is 23.0. The van der Waals surface area contributed by atoms with Crippen LogP contribution in [0.3, 0.4) is 0 Å². The van der Waals surface area contributed by atoms with Crippen LogP contribution in [0.2, 0.25) is 49.9 Å². The lowest BCUT2D eigenvalue weighted by Crippen LogP contribution is -2.43. The maximum Gasteiger partial charge on any atom is 0.146 e. The summed E-state index contributed by atoms with van der Waals surface area (Å²) in [5, 5.41) is 6.08. The van der Waals surface area contributed by atoms with Crippen molar-refractivity contribution in [1.82, 2.24) is 4.40 Å². The second-order valence-corrected chi connectivity index (χ2v) is 39.0. The Labute approximate surface area is 387 Å². The molecule has 7 heteroatoms. The molecule has 6 rings (SSSR count). The molecule has 320 valence electrons. The van der Waals surface area contributed by atoms with Crippen LogP contribution in [0.15, 0.2) is 36.4 Å². The Morgan fingerprint density at radius 1 is 0.328 bits per heavy atom. The van der Waals surface area contributed by atoms with Crippen LogP contribution >= 0.6 is 36.7 Å². The molecule has 0 bridgehead atoms. The van der Waals surface area contributed by atoms with Crippen molar-refractivity contribution in [3.63, 3.8) is 0 Å². The van der Waals surface area contributed by atoms with E-state index in [9.17, 15) is 0 Å². The number of hydrogen-bond acceptors (Lipinski definition) is 3. The fourth-order valence-electron chi connectivity index (χ4n) is 12.5. The predicted octanol–water partition coefficient (Wildman–Crippen LogP) is 17.8. The maximum atomic E-state index is 6.59. The lowest BCUT2D eigenvalue weighted by Gasteiger charge is -2.38. The van der Waals surface area contributed by atoms with E-state index in [-0.39, 0.29) is 0 Å². The van der Waals surface area contributed by atoms with Crippen LogP contribution < -0.4 is 0 Å². The van der Waals surface area contributed by atoms with Crippen molar-refractivity contribution >= 4 is 110 Å². The van der Waals surface area contributed by atoms with E-state index in [0.717, 1.165) is 79.1 Å². The molecular formula is C54H69NS3Si3. The van der Waals surface area contributed by atoms with Crippen LogP contribution in [0.25, 0.3) is 48.9 Å². The molecular weight excluding hydrogens is 843 g/mol. The molecule has 0 saturated carbocycles. The minimum Gasteiger partial charge on any atom is -0.307 e. The predicted molar refractivity (Wildman–Crippen MR) is 287 cm³/mol. The van der Waals surface area contributed by atoms with Crippen LogP contribution in [-0.4, -0.2) is 28.6 Å². The van der Waals surface area contributed by atoms with E-state index in [1.165, 1.54) is 0 Å². The number of aromatic nitrogens is 1. The number of nitrogens with zero attached hydrogens (tertiary/aromatic N) is 1. The van der Waals surface area contributed by atoms with Crippen LogP contribution in [0.4, 0.5) is 0 Å². The van der Waals surface area contributed by atoms with Crippen LogP contribution in [0.1, 0.15) is 141 Å². The molecule has 0 saturated heterocycles. The number of hydrogen-bond donors (Lipinski definition) is 0. The van der Waals surface area contributed by atoms with E-state index in [1.807, 2.05) is 0 Å². The smallest absolute Gasteiger partial charge is 0.146 e. The SMILES string of the molecule is CC(C)[Si](C#Cc1cc2c(=S)c3cc(C#C[Si](C(C)C)(C(C)C)C(C)C)cc4c(=S)c5cc(C#C[Si](C(C)C)(C(C)C)C(C)C)cc6c(=S)c(c1)c2n(c34)c65)(C(C)C)C(C)C. The van der Waals surface area contributed by atoms with Gasteiger partial charge in [-0.3, -0.25) is 0 Å². The van der Waals surface area contributed by atoms with Gasteiger partial charge in [-0.1, -0.05) is 179 Å². The van der Waals surface area contributed by atoms with Gasteiger partial charge in [0, 0.05) is 49.0 Å². The maximum absolute atomic E-state index is 6.59. The van der Waals surface area contributed by atoms with Gasteiger partial charge >= 0.3 is 0 Å². The highest BCUT2D eigenvalue weighted by molar-refractivity contribution is 7.72. The summed E-state index contributed by atoms with van der Waals surface area (Å²) in [6, 6.07) is 13.5. The summed E-state index contributed by atoms with van der Waals surface area (Å²) in [6.45, 7) is 42.7. The van der Waals surface area contributed by atoms with Crippen molar-refractivity contribution in [2.45, 2.75) is 174 Å². The molecule has 0 fully saturated rings. The normalized spacial score (nSPS) is 13.2. The standard InChI is InChI=1S/C54H69NS3Si3/c1-31(2)59(32(3)4,33(5)6)22-19-40-25-43-49-44(26-40)53(57)46-28-42(21-24-61(37(13)14,38(15)16)39(17)18)30-48-51(46)55(49)50-45(52(43)56)27-41(29-47(50)54(48)58)20-23-60(34(7)8,35(9)10)36(11)12/h25-39H,1-18H3. The Bertz CT molecular complexity index is 2530. The van der Waals surface area contributed by atoms with Gasteiger partial charge in [0.05, 0.1) is 30.1 Å². The average Bonchev–Trinajstić information content (AvgIpc) is 3.16. The van der Waals surface area contributed by atoms with Gasteiger partial charge in [0.1, 0.15) is 24.2 Å². The molecule has 0 N–H and O–H groups in total.